The lowest BCUT2D eigenvalue weighted by Gasteiger charge is -2.08. The number of hydrogen-bond donors (Lipinski definition) is 2. The maximum absolute atomic E-state index is 11.8. The van der Waals surface area contributed by atoms with Crippen molar-refractivity contribution in [3.8, 4) is 5.75 Å². The zero-order valence-corrected chi connectivity index (χ0v) is 11.9. The van der Waals surface area contributed by atoms with E-state index in [0.717, 1.165) is 11.3 Å². The summed E-state index contributed by atoms with van der Waals surface area (Å²) in [6.07, 6.45) is 0. The topological polar surface area (TPSA) is 93.5 Å². The zero-order valence-electron chi connectivity index (χ0n) is 11.9. The van der Waals surface area contributed by atoms with Gasteiger partial charge >= 0.3 is 6.03 Å². The van der Waals surface area contributed by atoms with Crippen LogP contribution in [0.1, 0.15) is 5.56 Å². The van der Waals surface area contributed by atoms with Crippen molar-refractivity contribution in [1.82, 2.24) is 5.32 Å². The highest BCUT2D eigenvalue weighted by Gasteiger charge is 2.14. The van der Waals surface area contributed by atoms with Crippen molar-refractivity contribution in [2.45, 2.75) is 6.54 Å². The first-order valence-corrected chi connectivity index (χ1v) is 6.51. The fourth-order valence-electron chi connectivity index (χ4n) is 1.83. The van der Waals surface area contributed by atoms with Gasteiger partial charge in [-0.2, -0.15) is 0 Å². The largest absolute Gasteiger partial charge is 0.497 e. The Morgan fingerprint density at radius 3 is 2.50 bits per heavy atom. The minimum atomic E-state index is -0.543. The molecule has 114 valence electrons. The van der Waals surface area contributed by atoms with E-state index in [2.05, 4.69) is 10.6 Å². The van der Waals surface area contributed by atoms with Crippen molar-refractivity contribution in [1.29, 1.82) is 0 Å². The van der Waals surface area contributed by atoms with Gasteiger partial charge in [0.1, 0.15) is 11.4 Å². The molecule has 0 aromatic heterocycles. The van der Waals surface area contributed by atoms with Gasteiger partial charge in [-0.25, -0.2) is 4.79 Å². The van der Waals surface area contributed by atoms with Crippen molar-refractivity contribution >= 4 is 17.4 Å². The Kier molecular flexibility index (Phi) is 4.92. The molecule has 0 saturated carbocycles. The van der Waals surface area contributed by atoms with E-state index in [1.807, 2.05) is 12.1 Å². The van der Waals surface area contributed by atoms with Crippen molar-refractivity contribution in [2.75, 3.05) is 12.4 Å². The summed E-state index contributed by atoms with van der Waals surface area (Å²) in [6.45, 7) is 0.302. The SMILES string of the molecule is COc1ccc(CNC(=O)Nc2ccccc2[N+](=O)[O-])cc1. The number of amides is 2. The summed E-state index contributed by atoms with van der Waals surface area (Å²) in [5.41, 5.74) is 0.889. The highest BCUT2D eigenvalue weighted by Crippen LogP contribution is 2.22. The molecule has 2 aromatic carbocycles. The average Bonchev–Trinajstić information content (AvgIpc) is 2.53. The number of hydrogen-bond acceptors (Lipinski definition) is 4. The van der Waals surface area contributed by atoms with Crippen molar-refractivity contribution in [3.63, 3.8) is 0 Å². The molecule has 2 N–H and O–H groups in total. The molecule has 0 saturated heterocycles. The summed E-state index contributed by atoms with van der Waals surface area (Å²) in [6, 6.07) is 12.7. The molecule has 7 nitrogen and oxygen atoms in total. The predicted octanol–water partition coefficient (Wildman–Crippen LogP) is 2.93. The number of carbonyl (C=O) groups excluding carboxylic acids is 1. The maximum atomic E-state index is 11.8. The van der Waals surface area contributed by atoms with Gasteiger partial charge in [0.15, 0.2) is 0 Å². The summed E-state index contributed by atoms with van der Waals surface area (Å²) in [7, 11) is 1.58. The lowest BCUT2D eigenvalue weighted by Crippen LogP contribution is -2.28. The van der Waals surface area contributed by atoms with Crippen LogP contribution in [0.25, 0.3) is 0 Å². The first kappa shape index (κ1) is 15.3. The number of nitrogens with zero attached hydrogens (tertiary/aromatic N) is 1. The fourth-order valence-corrected chi connectivity index (χ4v) is 1.83. The number of carbonyl (C=O) groups is 1. The Hall–Kier alpha value is -3.09. The van der Waals surface area contributed by atoms with Gasteiger partial charge in [-0.1, -0.05) is 24.3 Å². The van der Waals surface area contributed by atoms with Crippen LogP contribution in [-0.4, -0.2) is 18.1 Å². The molecule has 0 bridgehead atoms. The van der Waals surface area contributed by atoms with Gasteiger partial charge in [0.05, 0.1) is 12.0 Å². The third kappa shape index (κ3) is 3.95. The number of nitro benzene ring substituents is 1. The van der Waals surface area contributed by atoms with Gasteiger partial charge < -0.3 is 15.4 Å². The van der Waals surface area contributed by atoms with E-state index in [1.165, 1.54) is 12.1 Å². The molecule has 0 aliphatic rings. The molecule has 0 aliphatic carbocycles. The summed E-state index contributed by atoms with van der Waals surface area (Å²) >= 11 is 0. The van der Waals surface area contributed by atoms with Crippen LogP contribution in [0.2, 0.25) is 0 Å². The third-order valence-electron chi connectivity index (χ3n) is 2.96. The number of urea groups is 1. The van der Waals surface area contributed by atoms with Crippen LogP contribution in [0.5, 0.6) is 5.75 Å². The Bertz CT molecular complexity index is 671. The number of anilines is 1. The molecule has 0 radical (unpaired) electrons. The number of nitro groups is 1. The molecular formula is C15H15N3O4. The lowest BCUT2D eigenvalue weighted by molar-refractivity contribution is -0.383. The fraction of sp³-hybridized carbons (Fsp3) is 0.133. The summed E-state index contributed by atoms with van der Waals surface area (Å²) in [5, 5.41) is 16.0. The van der Waals surface area contributed by atoms with E-state index in [4.69, 9.17) is 4.74 Å². The molecule has 0 heterocycles. The van der Waals surface area contributed by atoms with Crippen LogP contribution in [0.4, 0.5) is 16.2 Å². The van der Waals surface area contributed by atoms with Crippen LogP contribution in [-0.2, 0) is 6.54 Å². The first-order chi connectivity index (χ1) is 10.6. The first-order valence-electron chi connectivity index (χ1n) is 6.51. The summed E-state index contributed by atoms with van der Waals surface area (Å²) < 4.78 is 5.05. The monoisotopic (exact) mass is 301 g/mol. The molecule has 0 spiro atoms. The van der Waals surface area contributed by atoms with E-state index in [-0.39, 0.29) is 11.4 Å². The maximum Gasteiger partial charge on any atom is 0.319 e. The van der Waals surface area contributed by atoms with Crippen molar-refractivity contribution < 1.29 is 14.5 Å². The summed E-state index contributed by atoms with van der Waals surface area (Å²) in [4.78, 5) is 22.1. The Labute approximate surface area is 127 Å². The molecule has 0 fully saturated rings. The van der Waals surface area contributed by atoms with Crippen LogP contribution >= 0.6 is 0 Å². The molecule has 0 aliphatic heterocycles. The number of benzene rings is 2. The predicted molar refractivity (Wildman–Crippen MR) is 81.9 cm³/mol. The third-order valence-corrected chi connectivity index (χ3v) is 2.96. The van der Waals surface area contributed by atoms with Gasteiger partial charge in [-0.3, -0.25) is 10.1 Å². The van der Waals surface area contributed by atoms with Crippen LogP contribution in [0.15, 0.2) is 48.5 Å². The van der Waals surface area contributed by atoms with Crippen molar-refractivity contribution in [3.05, 3.63) is 64.2 Å². The molecule has 2 amide bonds. The van der Waals surface area contributed by atoms with E-state index >= 15 is 0 Å². The second-order valence-electron chi connectivity index (χ2n) is 4.43. The molecule has 2 aromatic rings. The van der Waals surface area contributed by atoms with E-state index in [0.29, 0.717) is 6.54 Å². The van der Waals surface area contributed by atoms with Gasteiger partial charge in [-0.15, -0.1) is 0 Å². The average molecular weight is 301 g/mol. The van der Waals surface area contributed by atoms with Crippen LogP contribution in [0.3, 0.4) is 0 Å². The van der Waals surface area contributed by atoms with Crippen molar-refractivity contribution in [2.24, 2.45) is 0 Å². The second kappa shape index (κ2) is 7.07. The van der Waals surface area contributed by atoms with E-state index in [1.54, 1.807) is 31.4 Å². The molecule has 0 atom stereocenters. The second-order valence-corrected chi connectivity index (χ2v) is 4.43. The quantitative estimate of drug-likeness (QED) is 0.656. The Balaban J connectivity index is 1.94. The van der Waals surface area contributed by atoms with Crippen LogP contribution < -0.4 is 15.4 Å². The smallest absolute Gasteiger partial charge is 0.319 e. The highest BCUT2D eigenvalue weighted by atomic mass is 16.6. The standard InChI is InChI=1S/C15H15N3O4/c1-22-12-8-6-11(7-9-12)10-16-15(19)17-13-4-2-3-5-14(13)18(20)21/h2-9H,10H2,1H3,(H2,16,17,19). The molecule has 7 heteroatoms. The Morgan fingerprint density at radius 2 is 1.86 bits per heavy atom. The number of nitrogens with one attached hydrogen (secondary N) is 2. The lowest BCUT2D eigenvalue weighted by atomic mass is 10.2. The molecule has 2 rings (SSSR count). The zero-order chi connectivity index (χ0) is 15.9. The van der Waals surface area contributed by atoms with Crippen LogP contribution in [0, 0.1) is 10.1 Å². The van der Waals surface area contributed by atoms with Gasteiger partial charge in [0.25, 0.3) is 5.69 Å². The van der Waals surface area contributed by atoms with E-state index in [9.17, 15) is 14.9 Å². The number of methoxy groups -OCH3 is 1. The number of ether oxygens (including phenoxy) is 1. The van der Waals surface area contributed by atoms with Gasteiger partial charge in [-0.05, 0) is 23.8 Å². The minimum Gasteiger partial charge on any atom is -0.497 e. The molecule has 22 heavy (non-hydrogen) atoms. The summed E-state index contributed by atoms with van der Waals surface area (Å²) in [5.74, 6) is 0.730. The normalized spacial score (nSPS) is 9.86. The Morgan fingerprint density at radius 1 is 1.18 bits per heavy atom. The highest BCUT2D eigenvalue weighted by molar-refractivity contribution is 5.91. The van der Waals surface area contributed by atoms with Gasteiger partial charge in [0, 0.05) is 12.6 Å². The molecule has 0 unspecified atom stereocenters. The van der Waals surface area contributed by atoms with Gasteiger partial charge in [0.2, 0.25) is 0 Å². The number of rotatable bonds is 5. The number of para-hydroxylation sites is 2. The minimum absolute atomic E-state index is 0.151. The van der Waals surface area contributed by atoms with E-state index < -0.39 is 11.0 Å². The molecular weight excluding hydrogens is 286 g/mol.